The third-order valence-corrected chi connectivity index (χ3v) is 13.1. The molecule has 282 valence electrons. The zero-order chi connectivity index (χ0) is 39.8. The van der Waals surface area contributed by atoms with E-state index in [0.29, 0.717) is 5.56 Å². The Hall–Kier alpha value is -7.08. The summed E-state index contributed by atoms with van der Waals surface area (Å²) in [5.41, 5.74) is 9.46. The van der Waals surface area contributed by atoms with Gasteiger partial charge in [0.25, 0.3) is 0 Å². The van der Waals surface area contributed by atoms with Gasteiger partial charge in [0, 0.05) is 51.1 Å². The van der Waals surface area contributed by atoms with Crippen molar-refractivity contribution >= 4 is 68.9 Å². The number of para-hydroxylation sites is 2. The molecular formula is C53H44N2O2Si. The van der Waals surface area contributed by atoms with Gasteiger partial charge in [-0.3, -0.25) is 0 Å². The van der Waals surface area contributed by atoms with Crippen LogP contribution in [0.1, 0.15) is 0 Å². The fraction of sp³-hybridized carbons (Fsp3) is 0.0566. The summed E-state index contributed by atoms with van der Waals surface area (Å²) >= 11 is 0. The third-order valence-electron chi connectivity index (χ3n) is 11.0. The second-order valence-electron chi connectivity index (χ2n) is 15.8. The van der Waals surface area contributed by atoms with Crippen molar-refractivity contribution in [3.8, 4) is 33.8 Å². The van der Waals surface area contributed by atoms with Crippen molar-refractivity contribution in [3.05, 3.63) is 200 Å². The number of benzene rings is 9. The molecule has 0 aliphatic rings. The number of phenols is 2. The van der Waals surface area contributed by atoms with Gasteiger partial charge in [-0.1, -0.05) is 134 Å². The van der Waals surface area contributed by atoms with E-state index in [2.05, 4.69) is 169 Å². The highest BCUT2D eigenvalue weighted by Crippen LogP contribution is 2.45. The van der Waals surface area contributed by atoms with Crippen LogP contribution in [-0.4, -0.2) is 18.3 Å². The van der Waals surface area contributed by atoms with Crippen LogP contribution in [0.5, 0.6) is 11.5 Å². The van der Waals surface area contributed by atoms with E-state index in [1.165, 1.54) is 10.6 Å². The van der Waals surface area contributed by atoms with Gasteiger partial charge >= 0.3 is 0 Å². The molecular weight excluding hydrogens is 725 g/mol. The molecule has 0 atom stereocenters. The zero-order valence-corrected chi connectivity index (χ0v) is 33.8. The van der Waals surface area contributed by atoms with Crippen molar-refractivity contribution < 1.29 is 10.2 Å². The SMILES string of the molecule is C[Si](C)(C)c1ccc(N(c2ccccc2)c2ccc(-c3cccc4c(-c5ccc(N(c6ccccc6)c6ccc7ccccc7c6)cc5O)ccc(O)c34)cc2)cc1. The number of hydrogen-bond acceptors (Lipinski definition) is 4. The Morgan fingerprint density at radius 3 is 1.52 bits per heavy atom. The Morgan fingerprint density at radius 2 is 0.879 bits per heavy atom. The number of phenolic OH excluding ortho intramolecular Hbond substituents is 2. The summed E-state index contributed by atoms with van der Waals surface area (Å²) in [7, 11) is -1.45. The van der Waals surface area contributed by atoms with Gasteiger partial charge in [-0.2, -0.15) is 0 Å². The van der Waals surface area contributed by atoms with Crippen LogP contribution in [-0.2, 0) is 0 Å². The second kappa shape index (κ2) is 15.1. The minimum absolute atomic E-state index is 0.153. The molecule has 9 aromatic carbocycles. The van der Waals surface area contributed by atoms with Crippen LogP contribution in [0.4, 0.5) is 34.1 Å². The zero-order valence-electron chi connectivity index (χ0n) is 32.8. The van der Waals surface area contributed by atoms with E-state index in [9.17, 15) is 10.2 Å². The number of rotatable bonds is 9. The maximum absolute atomic E-state index is 11.8. The molecule has 0 amide bonds. The average molecular weight is 769 g/mol. The number of aromatic hydroxyl groups is 2. The van der Waals surface area contributed by atoms with Crippen LogP contribution in [0.3, 0.4) is 0 Å². The number of anilines is 6. The quantitative estimate of drug-likeness (QED) is 0.144. The van der Waals surface area contributed by atoms with Crippen molar-refractivity contribution in [1.29, 1.82) is 0 Å². The summed E-state index contributed by atoms with van der Waals surface area (Å²) in [4.78, 5) is 4.44. The lowest BCUT2D eigenvalue weighted by atomic mass is 9.91. The first-order valence-corrected chi connectivity index (χ1v) is 23.2. The summed E-state index contributed by atoms with van der Waals surface area (Å²) in [5.74, 6) is 0.342. The van der Waals surface area contributed by atoms with Gasteiger partial charge in [-0.25, -0.2) is 0 Å². The summed E-state index contributed by atoms with van der Waals surface area (Å²) in [6.45, 7) is 7.11. The fourth-order valence-electron chi connectivity index (χ4n) is 8.02. The van der Waals surface area contributed by atoms with Crippen LogP contribution in [0.25, 0.3) is 43.8 Å². The highest BCUT2D eigenvalue weighted by molar-refractivity contribution is 6.88. The highest BCUT2D eigenvalue weighted by atomic mass is 28.3. The molecule has 0 spiro atoms. The first kappa shape index (κ1) is 36.5. The van der Waals surface area contributed by atoms with Crippen LogP contribution in [0, 0.1) is 0 Å². The van der Waals surface area contributed by atoms with E-state index in [0.717, 1.165) is 67.0 Å². The van der Waals surface area contributed by atoms with Crippen molar-refractivity contribution in [2.75, 3.05) is 9.80 Å². The molecule has 0 bridgehead atoms. The van der Waals surface area contributed by atoms with Crippen LogP contribution in [0.2, 0.25) is 19.6 Å². The van der Waals surface area contributed by atoms with Crippen molar-refractivity contribution in [3.63, 3.8) is 0 Å². The fourth-order valence-corrected chi connectivity index (χ4v) is 9.18. The lowest BCUT2D eigenvalue weighted by molar-refractivity contribution is 0.477. The molecule has 4 nitrogen and oxygen atoms in total. The van der Waals surface area contributed by atoms with Gasteiger partial charge in [0.2, 0.25) is 0 Å². The molecule has 0 radical (unpaired) electrons. The molecule has 0 aromatic heterocycles. The normalized spacial score (nSPS) is 11.5. The van der Waals surface area contributed by atoms with Gasteiger partial charge in [0.1, 0.15) is 11.5 Å². The summed E-state index contributed by atoms with van der Waals surface area (Å²) in [6.07, 6.45) is 0. The van der Waals surface area contributed by atoms with Gasteiger partial charge in [0.15, 0.2) is 0 Å². The monoisotopic (exact) mass is 768 g/mol. The van der Waals surface area contributed by atoms with Crippen molar-refractivity contribution in [2.45, 2.75) is 19.6 Å². The predicted octanol–water partition coefficient (Wildman–Crippen LogP) is 14.2. The van der Waals surface area contributed by atoms with Crippen LogP contribution < -0.4 is 15.0 Å². The maximum atomic E-state index is 11.8. The van der Waals surface area contributed by atoms with Crippen LogP contribution >= 0.6 is 0 Å². The molecule has 9 aromatic rings. The molecule has 9 rings (SSSR count). The topological polar surface area (TPSA) is 46.9 Å². The smallest absolute Gasteiger partial charge is 0.125 e. The predicted molar refractivity (Wildman–Crippen MR) is 248 cm³/mol. The minimum Gasteiger partial charge on any atom is -0.507 e. The molecule has 0 aliphatic carbocycles. The number of fused-ring (bicyclic) bond motifs is 2. The van der Waals surface area contributed by atoms with Gasteiger partial charge in [-0.15, -0.1) is 0 Å². The molecule has 0 unspecified atom stereocenters. The summed E-state index contributed by atoms with van der Waals surface area (Å²) < 4.78 is 0. The first-order valence-electron chi connectivity index (χ1n) is 19.7. The van der Waals surface area contributed by atoms with E-state index in [1.807, 2.05) is 54.6 Å². The molecule has 2 N–H and O–H groups in total. The Labute approximate surface area is 341 Å². The Morgan fingerprint density at radius 1 is 0.362 bits per heavy atom. The molecule has 0 aliphatic heterocycles. The lowest BCUT2D eigenvalue weighted by Gasteiger charge is -2.27. The average Bonchev–Trinajstić information content (AvgIpc) is 3.25. The molecule has 5 heteroatoms. The minimum atomic E-state index is -1.45. The van der Waals surface area contributed by atoms with E-state index in [-0.39, 0.29) is 11.5 Å². The van der Waals surface area contributed by atoms with Crippen LogP contribution in [0.15, 0.2) is 200 Å². The number of nitrogens with zero attached hydrogens (tertiary/aromatic N) is 2. The maximum Gasteiger partial charge on any atom is 0.125 e. The van der Waals surface area contributed by atoms with Crippen molar-refractivity contribution in [1.82, 2.24) is 0 Å². The Kier molecular flexibility index (Phi) is 9.52. The first-order chi connectivity index (χ1) is 28.2. The molecule has 58 heavy (non-hydrogen) atoms. The summed E-state index contributed by atoms with van der Waals surface area (Å²) in [6, 6.07) is 68.5. The van der Waals surface area contributed by atoms with E-state index in [1.54, 1.807) is 6.07 Å². The second-order valence-corrected chi connectivity index (χ2v) is 20.9. The van der Waals surface area contributed by atoms with E-state index in [4.69, 9.17) is 0 Å². The standard InChI is InChI=1S/C53H44N2O2Si/c1-58(2,3)46-30-27-43(28-31-46)54(40-15-6-4-7-16-40)42-24-22-38(23-25-42)47-19-12-20-50-48(33-34-51(56)53(47)50)49-32-29-45(36-52(49)57)55(41-17-8-5-9-18-41)44-26-21-37-13-10-11-14-39(37)35-44/h4-36,56-57H,1-3H3. The van der Waals surface area contributed by atoms with E-state index >= 15 is 0 Å². The Bertz CT molecular complexity index is 2890. The lowest BCUT2D eigenvalue weighted by Crippen LogP contribution is -2.37. The Balaban J connectivity index is 1.09. The number of hydrogen-bond donors (Lipinski definition) is 2. The van der Waals surface area contributed by atoms with Crippen molar-refractivity contribution in [2.24, 2.45) is 0 Å². The van der Waals surface area contributed by atoms with Gasteiger partial charge in [-0.05, 0) is 118 Å². The largest absolute Gasteiger partial charge is 0.507 e. The third kappa shape index (κ3) is 6.97. The molecule has 0 fully saturated rings. The highest BCUT2D eigenvalue weighted by Gasteiger charge is 2.20. The van der Waals surface area contributed by atoms with Gasteiger partial charge in [0.05, 0.1) is 8.07 Å². The van der Waals surface area contributed by atoms with Gasteiger partial charge < -0.3 is 20.0 Å². The van der Waals surface area contributed by atoms with E-state index < -0.39 is 8.07 Å². The molecule has 0 saturated carbocycles. The molecule has 0 saturated heterocycles. The molecule has 0 heterocycles. The summed E-state index contributed by atoms with van der Waals surface area (Å²) in [5, 5.41) is 28.6.